The van der Waals surface area contributed by atoms with Crippen LogP contribution in [0.2, 0.25) is 0 Å². The van der Waals surface area contributed by atoms with Crippen molar-refractivity contribution in [1.29, 1.82) is 5.26 Å². The lowest BCUT2D eigenvalue weighted by Crippen LogP contribution is -2.55. The number of hydrogen-bond acceptors (Lipinski definition) is 6. The van der Waals surface area contributed by atoms with Crippen LogP contribution in [0.15, 0.2) is 55.0 Å². The molecule has 1 saturated carbocycles. The van der Waals surface area contributed by atoms with E-state index in [9.17, 15) is 22.4 Å². The summed E-state index contributed by atoms with van der Waals surface area (Å²) in [6, 6.07) is 9.85. The number of hydrogen-bond donors (Lipinski definition) is 0. The maximum absolute atomic E-state index is 14.6. The molecule has 2 aromatic heterocycles. The molecule has 3 heterocycles. The first-order chi connectivity index (χ1) is 18.2. The standard InChI is InChI=1S/C26H19F4N5O2S/c27-20-3-2-17(13-22(20)37-11-6-16-4-9-32-10-5-16)35-24(38)34(23(36)25(35)7-1-8-25)18-12-19(26(28,29)30)21(14-31)33-15-18/h2-5,9-10,12-13,15H,1,6-8,11H2. The van der Waals surface area contributed by atoms with Crippen molar-refractivity contribution in [3.8, 4) is 11.8 Å². The van der Waals surface area contributed by atoms with Crippen molar-refractivity contribution in [2.75, 3.05) is 16.4 Å². The van der Waals surface area contributed by atoms with Gasteiger partial charge in [0.1, 0.15) is 11.6 Å². The Kier molecular flexibility index (Phi) is 6.48. The highest BCUT2D eigenvalue weighted by Crippen LogP contribution is 2.48. The Labute approximate surface area is 220 Å². The van der Waals surface area contributed by atoms with Crippen LogP contribution in [0, 0.1) is 17.1 Å². The van der Waals surface area contributed by atoms with E-state index < -0.39 is 34.7 Å². The number of benzene rings is 1. The third-order valence-corrected chi connectivity index (χ3v) is 7.07. The van der Waals surface area contributed by atoms with Crippen LogP contribution in [0.5, 0.6) is 5.75 Å². The van der Waals surface area contributed by atoms with Crippen molar-refractivity contribution in [3.63, 3.8) is 0 Å². The van der Waals surface area contributed by atoms with Gasteiger partial charge in [-0.1, -0.05) is 0 Å². The van der Waals surface area contributed by atoms with Crippen LogP contribution < -0.4 is 14.5 Å². The van der Waals surface area contributed by atoms with E-state index in [4.69, 9.17) is 22.2 Å². The average molecular weight is 542 g/mol. The number of nitrogens with zero attached hydrogens (tertiary/aromatic N) is 5. The first-order valence-electron chi connectivity index (χ1n) is 11.6. The average Bonchev–Trinajstić information content (AvgIpc) is 3.11. The molecule has 3 aromatic rings. The van der Waals surface area contributed by atoms with Crippen molar-refractivity contribution in [2.24, 2.45) is 0 Å². The number of alkyl halides is 3. The molecule has 1 spiro atoms. The molecule has 12 heteroatoms. The van der Waals surface area contributed by atoms with E-state index in [0.717, 1.165) is 16.7 Å². The van der Waals surface area contributed by atoms with Gasteiger partial charge in [-0.25, -0.2) is 9.37 Å². The summed E-state index contributed by atoms with van der Waals surface area (Å²) in [6.45, 7) is 0.183. The molecule has 0 unspecified atom stereocenters. The molecule has 2 aliphatic rings. The first kappa shape index (κ1) is 25.5. The van der Waals surface area contributed by atoms with Crippen molar-refractivity contribution in [2.45, 2.75) is 37.4 Å². The Morgan fingerprint density at radius 1 is 1.13 bits per heavy atom. The van der Waals surface area contributed by atoms with Gasteiger partial charge in [-0.2, -0.15) is 18.4 Å². The highest BCUT2D eigenvalue weighted by atomic mass is 32.1. The number of pyridine rings is 2. The van der Waals surface area contributed by atoms with Crippen LogP contribution in [0.4, 0.5) is 28.9 Å². The molecule has 0 N–H and O–H groups in total. The van der Waals surface area contributed by atoms with Gasteiger partial charge in [-0.3, -0.25) is 14.7 Å². The zero-order valence-electron chi connectivity index (χ0n) is 19.7. The molecule has 1 aliphatic carbocycles. The van der Waals surface area contributed by atoms with Crippen molar-refractivity contribution >= 4 is 34.6 Å². The van der Waals surface area contributed by atoms with Crippen LogP contribution in [0.25, 0.3) is 0 Å². The molecule has 1 amide bonds. The SMILES string of the molecule is N#Cc1ncc(N2C(=O)C3(CCC3)N(c3ccc(F)c(OCCc4ccncc4)c3)C2=S)cc1C(F)(F)F. The van der Waals surface area contributed by atoms with E-state index in [-0.39, 0.29) is 23.2 Å². The molecule has 0 radical (unpaired) electrons. The molecule has 194 valence electrons. The largest absolute Gasteiger partial charge is 0.490 e. The fourth-order valence-corrected chi connectivity index (χ4v) is 5.13. The fraction of sp³-hybridized carbons (Fsp3) is 0.269. The second-order valence-electron chi connectivity index (χ2n) is 8.91. The van der Waals surface area contributed by atoms with Gasteiger partial charge >= 0.3 is 6.18 Å². The van der Waals surface area contributed by atoms with Crippen LogP contribution in [-0.2, 0) is 17.4 Å². The Balaban J connectivity index is 1.47. The number of ether oxygens (including phenoxy) is 1. The van der Waals surface area contributed by atoms with Crippen molar-refractivity contribution < 1.29 is 27.1 Å². The van der Waals surface area contributed by atoms with Crippen LogP contribution in [-0.4, -0.2) is 33.1 Å². The number of carbonyl (C=O) groups is 1. The van der Waals surface area contributed by atoms with Gasteiger partial charge in [0.25, 0.3) is 5.91 Å². The van der Waals surface area contributed by atoms with Crippen molar-refractivity contribution in [3.05, 3.63) is 77.6 Å². The highest BCUT2D eigenvalue weighted by Gasteiger charge is 2.60. The summed E-state index contributed by atoms with van der Waals surface area (Å²) in [7, 11) is 0. The third kappa shape index (κ3) is 4.32. The number of nitriles is 1. The van der Waals surface area contributed by atoms with Crippen LogP contribution >= 0.6 is 12.2 Å². The number of carbonyl (C=O) groups excluding carboxylic acids is 1. The normalized spacial score (nSPS) is 16.5. The topological polar surface area (TPSA) is 82.4 Å². The number of thiocarbonyl (C=S) groups is 1. The molecule has 1 aromatic carbocycles. The fourth-order valence-electron chi connectivity index (χ4n) is 4.66. The second-order valence-corrected chi connectivity index (χ2v) is 9.28. The van der Waals surface area contributed by atoms with E-state index in [1.807, 2.05) is 12.1 Å². The summed E-state index contributed by atoms with van der Waals surface area (Å²) in [5.41, 5.74) is -2.04. The van der Waals surface area contributed by atoms with Gasteiger partial charge in [0.2, 0.25) is 0 Å². The number of halogens is 4. The number of aromatic nitrogens is 2. The highest BCUT2D eigenvalue weighted by molar-refractivity contribution is 7.81. The second kappa shape index (κ2) is 9.64. The van der Waals surface area contributed by atoms with Crippen molar-refractivity contribution in [1.82, 2.24) is 9.97 Å². The van der Waals surface area contributed by atoms with Crippen LogP contribution in [0.1, 0.15) is 36.1 Å². The molecule has 0 atom stereocenters. The lowest BCUT2D eigenvalue weighted by molar-refractivity contribution is -0.138. The molecule has 1 saturated heterocycles. The summed E-state index contributed by atoms with van der Waals surface area (Å²) in [5, 5.41) is 9.00. The van der Waals surface area contributed by atoms with Gasteiger partial charge < -0.3 is 9.64 Å². The Bertz CT molecular complexity index is 1450. The molecule has 5 rings (SSSR count). The monoisotopic (exact) mass is 541 g/mol. The zero-order valence-corrected chi connectivity index (χ0v) is 20.5. The number of anilines is 2. The minimum atomic E-state index is -4.86. The zero-order chi connectivity index (χ0) is 27.1. The molecule has 2 fully saturated rings. The predicted molar refractivity (Wildman–Crippen MR) is 133 cm³/mol. The van der Waals surface area contributed by atoms with E-state index in [1.165, 1.54) is 24.3 Å². The van der Waals surface area contributed by atoms with Gasteiger partial charge in [-0.05, 0) is 67.4 Å². The number of amides is 1. The molecular formula is C26H19F4N5O2S. The Morgan fingerprint density at radius 2 is 1.87 bits per heavy atom. The van der Waals surface area contributed by atoms with Gasteiger partial charge in [-0.15, -0.1) is 0 Å². The number of rotatable bonds is 6. The maximum atomic E-state index is 14.6. The van der Waals surface area contributed by atoms with E-state index >= 15 is 0 Å². The molecule has 38 heavy (non-hydrogen) atoms. The molecule has 0 bridgehead atoms. The Morgan fingerprint density at radius 3 is 2.50 bits per heavy atom. The summed E-state index contributed by atoms with van der Waals surface area (Å²) >= 11 is 5.59. The van der Waals surface area contributed by atoms with Crippen LogP contribution in [0.3, 0.4) is 0 Å². The minimum absolute atomic E-state index is 0.0425. The lowest BCUT2D eigenvalue weighted by atomic mass is 9.75. The van der Waals surface area contributed by atoms with E-state index in [0.29, 0.717) is 37.4 Å². The summed E-state index contributed by atoms with van der Waals surface area (Å²) in [6.07, 6.45) is 1.49. The first-order valence-corrected chi connectivity index (χ1v) is 12.0. The molecule has 1 aliphatic heterocycles. The summed E-state index contributed by atoms with van der Waals surface area (Å²) < 4.78 is 61.0. The van der Waals surface area contributed by atoms with E-state index in [2.05, 4.69) is 9.97 Å². The quantitative estimate of drug-likeness (QED) is 0.314. The van der Waals surface area contributed by atoms with E-state index in [1.54, 1.807) is 17.3 Å². The molecular weight excluding hydrogens is 522 g/mol. The summed E-state index contributed by atoms with van der Waals surface area (Å²) in [4.78, 5) is 23.7. The maximum Gasteiger partial charge on any atom is 0.419 e. The van der Waals surface area contributed by atoms with Gasteiger partial charge in [0, 0.05) is 30.6 Å². The smallest absolute Gasteiger partial charge is 0.419 e. The Hall–Kier alpha value is -4.11. The minimum Gasteiger partial charge on any atom is -0.490 e. The van der Waals surface area contributed by atoms with Gasteiger partial charge in [0.15, 0.2) is 22.4 Å². The van der Waals surface area contributed by atoms with Gasteiger partial charge in [0.05, 0.1) is 24.1 Å². The summed E-state index contributed by atoms with van der Waals surface area (Å²) in [5.74, 6) is -1.15. The lowest BCUT2D eigenvalue weighted by Gasteiger charge is -2.43. The predicted octanol–water partition coefficient (Wildman–Crippen LogP) is 5.19. The third-order valence-electron chi connectivity index (χ3n) is 6.71. The molecule has 7 nitrogen and oxygen atoms in total.